The molecule has 1 amide bonds. The number of rotatable bonds is 4. The van der Waals surface area contributed by atoms with Crippen LogP contribution >= 0.6 is 0 Å². The predicted molar refractivity (Wildman–Crippen MR) is 182 cm³/mol. The molecule has 3 aliphatic rings. The number of nitrogens with one attached hydrogen (secondary N) is 1. The Labute approximate surface area is 272 Å². The highest BCUT2D eigenvalue weighted by atomic mass is 32.2. The zero-order chi connectivity index (χ0) is 32.4. The van der Waals surface area contributed by atoms with E-state index in [0.29, 0.717) is 35.3 Å². The van der Waals surface area contributed by atoms with Crippen LogP contribution < -0.4 is 4.72 Å². The summed E-state index contributed by atoms with van der Waals surface area (Å²) < 4.78 is 30.1. The monoisotopic (exact) mass is 634 g/mol. The summed E-state index contributed by atoms with van der Waals surface area (Å²) >= 11 is 0. The Morgan fingerprint density at radius 3 is 2.24 bits per heavy atom. The van der Waals surface area contributed by atoms with E-state index in [-0.39, 0.29) is 34.1 Å². The number of hydrogen-bond acceptors (Lipinski definition) is 5. The first-order valence-electron chi connectivity index (χ1n) is 16.3. The zero-order valence-corrected chi connectivity index (χ0v) is 28.1. The lowest BCUT2D eigenvalue weighted by molar-refractivity contribution is 0.0386. The van der Waals surface area contributed by atoms with Gasteiger partial charge in [-0.3, -0.25) is 4.79 Å². The van der Waals surface area contributed by atoms with Crippen LogP contribution in [0.5, 0.6) is 0 Å². The molecule has 7 rings (SSSR count). The second kappa shape index (κ2) is 11.0. The minimum absolute atomic E-state index is 0.0178. The lowest BCUT2D eigenvalue weighted by atomic mass is 9.75. The predicted octanol–water partition coefficient (Wildman–Crippen LogP) is 7.58. The molecule has 238 valence electrons. The summed E-state index contributed by atoms with van der Waals surface area (Å²) in [5, 5.41) is 0. The number of carbonyl (C=O) groups is 1. The topological polar surface area (TPSA) is 92.3 Å². The average molecular weight is 635 g/mol. The summed E-state index contributed by atoms with van der Waals surface area (Å²) in [5.41, 5.74) is 7.62. The number of anilines is 1. The van der Waals surface area contributed by atoms with Gasteiger partial charge in [0.25, 0.3) is 15.9 Å². The van der Waals surface area contributed by atoms with E-state index in [1.54, 1.807) is 12.1 Å². The van der Waals surface area contributed by atoms with Crippen molar-refractivity contribution in [1.82, 2.24) is 14.9 Å². The Hall–Kier alpha value is -4.04. The Morgan fingerprint density at radius 1 is 0.913 bits per heavy atom. The van der Waals surface area contributed by atoms with Gasteiger partial charge in [0.05, 0.1) is 16.3 Å². The van der Waals surface area contributed by atoms with Crippen LogP contribution in [0.2, 0.25) is 0 Å². The minimum Gasteiger partial charge on any atom is -0.335 e. The molecule has 46 heavy (non-hydrogen) atoms. The number of aromatic nitrogens is 2. The molecule has 2 heterocycles. The highest BCUT2D eigenvalue weighted by Gasteiger charge is 2.55. The maximum absolute atomic E-state index is 14.3. The number of carbonyl (C=O) groups excluding carboxylic acids is 1. The molecule has 1 aromatic heterocycles. The summed E-state index contributed by atoms with van der Waals surface area (Å²) in [6.07, 6.45) is 5.08. The molecular formula is C38H42N4O3S. The molecule has 3 aromatic carbocycles. The number of amides is 1. The highest BCUT2D eigenvalue weighted by Crippen LogP contribution is 2.62. The highest BCUT2D eigenvalue weighted by molar-refractivity contribution is 7.92. The SMILES string of the molecule is Cc1cccc(C)c1-c1cc2nc(n1)NS(=O)(=O)c1cccc(c1)C(=O)N(C1CC3(CC3)C1)CC2Cc1ccc(C(C)(C)C)cc1. The van der Waals surface area contributed by atoms with Crippen LogP contribution in [0.15, 0.2) is 77.7 Å². The molecule has 2 saturated carbocycles. The van der Waals surface area contributed by atoms with Crippen molar-refractivity contribution in [2.45, 2.75) is 89.0 Å². The fourth-order valence-corrected chi connectivity index (χ4v) is 8.27. The molecule has 7 nitrogen and oxygen atoms in total. The van der Waals surface area contributed by atoms with E-state index in [4.69, 9.17) is 9.97 Å². The molecule has 8 heteroatoms. The third-order valence-electron chi connectivity index (χ3n) is 10.2. The molecule has 1 spiro atoms. The van der Waals surface area contributed by atoms with Crippen molar-refractivity contribution in [3.05, 3.63) is 106 Å². The van der Waals surface area contributed by atoms with E-state index in [1.807, 2.05) is 43.0 Å². The van der Waals surface area contributed by atoms with Crippen LogP contribution in [-0.2, 0) is 21.9 Å². The normalized spacial score (nSPS) is 20.3. The standard InChI is InChI=1S/C38H42N4O3S/c1-24-8-6-9-25(2)34(24)33-20-32-28(18-26-12-14-29(15-13-26)37(3,4)5)23-42(30-21-38(22-30)16-17-38)35(43)27-10-7-11-31(19-27)46(44,45)41-36(39-32)40-33/h6-15,19-20,28,30H,16-18,21-23H2,1-5H3,(H,39,40,41). The Morgan fingerprint density at radius 2 is 1.59 bits per heavy atom. The molecule has 4 bridgehead atoms. The van der Waals surface area contributed by atoms with E-state index in [0.717, 1.165) is 35.1 Å². The third kappa shape index (κ3) is 5.83. The van der Waals surface area contributed by atoms with Crippen molar-refractivity contribution in [3.8, 4) is 11.3 Å². The molecule has 1 atom stereocenters. The van der Waals surface area contributed by atoms with Crippen LogP contribution in [0.1, 0.15) is 90.7 Å². The largest absolute Gasteiger partial charge is 0.335 e. The maximum Gasteiger partial charge on any atom is 0.264 e. The summed E-state index contributed by atoms with van der Waals surface area (Å²) in [5.74, 6) is -0.291. The van der Waals surface area contributed by atoms with Gasteiger partial charge < -0.3 is 4.90 Å². The van der Waals surface area contributed by atoms with Gasteiger partial charge in [0, 0.05) is 29.6 Å². The fraction of sp³-hybridized carbons (Fsp3) is 0.395. The van der Waals surface area contributed by atoms with Gasteiger partial charge in [-0.15, -0.1) is 0 Å². The van der Waals surface area contributed by atoms with Crippen LogP contribution in [0.3, 0.4) is 0 Å². The quantitative estimate of drug-likeness (QED) is 0.250. The van der Waals surface area contributed by atoms with Crippen LogP contribution in [0.4, 0.5) is 5.95 Å². The van der Waals surface area contributed by atoms with Crippen molar-refractivity contribution in [3.63, 3.8) is 0 Å². The summed E-state index contributed by atoms with van der Waals surface area (Å²) in [7, 11) is -4.07. The van der Waals surface area contributed by atoms with Gasteiger partial charge in [-0.1, -0.05) is 69.3 Å². The lowest BCUT2D eigenvalue weighted by Gasteiger charge is -2.45. The fourth-order valence-electron chi connectivity index (χ4n) is 7.28. The van der Waals surface area contributed by atoms with E-state index >= 15 is 0 Å². The smallest absolute Gasteiger partial charge is 0.264 e. The maximum atomic E-state index is 14.3. The first-order valence-corrected chi connectivity index (χ1v) is 17.8. The average Bonchev–Trinajstić information content (AvgIpc) is 3.79. The summed E-state index contributed by atoms with van der Waals surface area (Å²) in [4.78, 5) is 26.0. The van der Waals surface area contributed by atoms with Crippen LogP contribution in [0.25, 0.3) is 11.3 Å². The number of hydrogen-bond donors (Lipinski definition) is 1. The number of nitrogens with zero attached hydrogens (tertiary/aromatic N) is 3. The summed E-state index contributed by atoms with van der Waals surface area (Å²) in [6.45, 7) is 11.2. The first-order chi connectivity index (χ1) is 21.8. The molecule has 2 aliphatic carbocycles. The van der Waals surface area contributed by atoms with Gasteiger partial charge in [-0.25, -0.2) is 23.1 Å². The number of aryl methyl sites for hydroxylation is 2. The van der Waals surface area contributed by atoms with Gasteiger partial charge in [0.1, 0.15) is 0 Å². The third-order valence-corrected chi connectivity index (χ3v) is 11.6. The van der Waals surface area contributed by atoms with E-state index in [1.165, 1.54) is 30.5 Å². The molecule has 1 N–H and O–H groups in total. The van der Waals surface area contributed by atoms with Gasteiger partial charge >= 0.3 is 0 Å². The van der Waals surface area contributed by atoms with Crippen molar-refractivity contribution in [1.29, 1.82) is 0 Å². The summed E-state index contributed by atoms with van der Waals surface area (Å²) in [6, 6.07) is 23.3. The molecular weight excluding hydrogens is 593 g/mol. The van der Waals surface area contributed by atoms with E-state index in [9.17, 15) is 13.2 Å². The molecule has 0 radical (unpaired) electrons. The first kappa shape index (κ1) is 30.6. The van der Waals surface area contributed by atoms with Gasteiger partial charge in [-0.05, 0) is 103 Å². The molecule has 2 fully saturated rings. The molecule has 4 aromatic rings. The Bertz CT molecular complexity index is 1910. The minimum atomic E-state index is -4.07. The second-order valence-corrected chi connectivity index (χ2v) is 16.5. The van der Waals surface area contributed by atoms with Gasteiger partial charge in [0.15, 0.2) is 0 Å². The van der Waals surface area contributed by atoms with Crippen molar-refractivity contribution in [2.75, 3.05) is 11.3 Å². The van der Waals surface area contributed by atoms with Crippen LogP contribution in [-0.4, -0.2) is 41.8 Å². The molecule has 0 saturated heterocycles. The van der Waals surface area contributed by atoms with Gasteiger partial charge in [-0.2, -0.15) is 0 Å². The van der Waals surface area contributed by atoms with Crippen molar-refractivity contribution in [2.24, 2.45) is 5.41 Å². The molecule has 1 unspecified atom stereocenters. The van der Waals surface area contributed by atoms with Gasteiger partial charge in [0.2, 0.25) is 5.95 Å². The van der Waals surface area contributed by atoms with E-state index in [2.05, 4.69) is 49.8 Å². The Kier molecular flexibility index (Phi) is 7.35. The Balaban J connectivity index is 1.39. The number of fused-ring (bicyclic) bond motifs is 4. The molecule has 1 aliphatic heterocycles. The van der Waals surface area contributed by atoms with Crippen molar-refractivity contribution >= 4 is 21.9 Å². The second-order valence-electron chi connectivity index (χ2n) is 14.8. The van der Waals surface area contributed by atoms with E-state index < -0.39 is 10.0 Å². The number of sulfonamides is 1. The lowest BCUT2D eigenvalue weighted by Crippen LogP contribution is -2.50. The van der Waals surface area contributed by atoms with Crippen LogP contribution in [0, 0.1) is 19.3 Å². The van der Waals surface area contributed by atoms with Crippen molar-refractivity contribution < 1.29 is 13.2 Å². The zero-order valence-electron chi connectivity index (χ0n) is 27.3. The number of benzene rings is 3.